The molecule has 1 amide bonds. The topological polar surface area (TPSA) is 41.1 Å². The molecule has 1 aromatic carbocycles. The summed E-state index contributed by atoms with van der Waals surface area (Å²) in [7, 11) is 0. The molecule has 0 bridgehead atoms. The number of aryl methyl sites for hydroxylation is 1. The Hall–Kier alpha value is -1.000. The van der Waals surface area contributed by atoms with E-state index in [2.05, 4.69) is 23.6 Å². The number of hydrogen-bond acceptors (Lipinski definition) is 3. The van der Waals surface area contributed by atoms with Crippen molar-refractivity contribution >= 4 is 23.4 Å². The summed E-state index contributed by atoms with van der Waals surface area (Å²) in [5, 5.41) is 6.45. The minimum absolute atomic E-state index is 0.0963. The van der Waals surface area contributed by atoms with Gasteiger partial charge in [-0.15, -0.1) is 0 Å². The molecule has 3 nitrogen and oxygen atoms in total. The van der Waals surface area contributed by atoms with Gasteiger partial charge in [0.1, 0.15) is 0 Å². The molecule has 4 heteroatoms. The lowest BCUT2D eigenvalue weighted by Crippen LogP contribution is -2.31. The van der Waals surface area contributed by atoms with Gasteiger partial charge in [-0.2, -0.15) is 11.8 Å². The second-order valence-electron chi connectivity index (χ2n) is 4.82. The number of carbonyl (C=O) groups excluding carboxylic acids is 1. The van der Waals surface area contributed by atoms with Gasteiger partial charge in [0, 0.05) is 30.4 Å². The predicted molar refractivity (Wildman–Crippen MR) is 82.8 cm³/mol. The molecule has 0 aliphatic carbocycles. The van der Waals surface area contributed by atoms with E-state index in [0.717, 1.165) is 18.7 Å². The number of para-hydroxylation sites is 1. The van der Waals surface area contributed by atoms with E-state index in [-0.39, 0.29) is 5.91 Å². The molecular formula is C15H22N2OS. The minimum atomic E-state index is 0.0963. The first-order valence-corrected chi connectivity index (χ1v) is 8.14. The molecule has 1 aliphatic heterocycles. The Labute approximate surface area is 119 Å². The van der Waals surface area contributed by atoms with Crippen LogP contribution in [0.25, 0.3) is 0 Å². The minimum Gasteiger partial charge on any atom is -0.326 e. The molecule has 1 heterocycles. The molecule has 19 heavy (non-hydrogen) atoms. The maximum Gasteiger partial charge on any atom is 0.225 e. The molecule has 2 rings (SSSR count). The zero-order valence-electron chi connectivity index (χ0n) is 11.4. The molecular weight excluding hydrogens is 256 g/mol. The van der Waals surface area contributed by atoms with Crippen LogP contribution in [0.3, 0.4) is 0 Å². The highest BCUT2D eigenvalue weighted by Crippen LogP contribution is 2.17. The van der Waals surface area contributed by atoms with Crippen LogP contribution in [0.2, 0.25) is 0 Å². The molecule has 0 saturated carbocycles. The quantitative estimate of drug-likeness (QED) is 0.840. The maximum atomic E-state index is 11.9. The van der Waals surface area contributed by atoms with Crippen molar-refractivity contribution in [3.63, 3.8) is 0 Å². The van der Waals surface area contributed by atoms with E-state index in [9.17, 15) is 4.79 Å². The third-order valence-electron chi connectivity index (χ3n) is 3.39. The summed E-state index contributed by atoms with van der Waals surface area (Å²) < 4.78 is 0. The van der Waals surface area contributed by atoms with Gasteiger partial charge in [0.05, 0.1) is 0 Å². The van der Waals surface area contributed by atoms with Crippen molar-refractivity contribution in [3.05, 3.63) is 29.8 Å². The van der Waals surface area contributed by atoms with Gasteiger partial charge in [-0.25, -0.2) is 0 Å². The molecule has 0 spiro atoms. The van der Waals surface area contributed by atoms with Crippen molar-refractivity contribution in [2.24, 2.45) is 0 Å². The summed E-state index contributed by atoms with van der Waals surface area (Å²) in [4.78, 5) is 11.9. The van der Waals surface area contributed by atoms with Gasteiger partial charge in [-0.3, -0.25) is 4.79 Å². The van der Waals surface area contributed by atoms with Crippen molar-refractivity contribution in [1.82, 2.24) is 5.32 Å². The highest BCUT2D eigenvalue weighted by molar-refractivity contribution is 7.99. The second-order valence-corrected chi connectivity index (χ2v) is 5.97. The number of hydrogen-bond donors (Lipinski definition) is 2. The lowest BCUT2D eigenvalue weighted by molar-refractivity contribution is -0.116. The van der Waals surface area contributed by atoms with Crippen molar-refractivity contribution in [2.75, 3.05) is 23.4 Å². The van der Waals surface area contributed by atoms with E-state index in [1.807, 2.05) is 30.0 Å². The van der Waals surface area contributed by atoms with Crippen LogP contribution in [-0.4, -0.2) is 30.0 Å². The second kappa shape index (κ2) is 7.56. The number of carbonyl (C=O) groups is 1. The molecule has 104 valence electrons. The molecule has 0 aromatic heterocycles. The van der Waals surface area contributed by atoms with E-state index >= 15 is 0 Å². The Bertz CT molecular complexity index is 416. The highest BCUT2D eigenvalue weighted by Gasteiger charge is 2.14. The Morgan fingerprint density at radius 2 is 2.26 bits per heavy atom. The molecule has 1 atom stereocenters. The van der Waals surface area contributed by atoms with Crippen molar-refractivity contribution in [2.45, 2.75) is 32.2 Å². The van der Waals surface area contributed by atoms with Crippen LogP contribution in [0.4, 0.5) is 5.69 Å². The third-order valence-corrected chi connectivity index (χ3v) is 4.55. The maximum absolute atomic E-state index is 11.9. The summed E-state index contributed by atoms with van der Waals surface area (Å²) in [5.41, 5.74) is 2.14. The first kappa shape index (κ1) is 14.4. The molecule has 1 aliphatic rings. The van der Waals surface area contributed by atoms with Crippen LogP contribution in [0.1, 0.15) is 25.3 Å². The Balaban J connectivity index is 1.74. The van der Waals surface area contributed by atoms with Crippen LogP contribution < -0.4 is 10.6 Å². The van der Waals surface area contributed by atoms with Crippen molar-refractivity contribution in [1.29, 1.82) is 0 Å². The zero-order chi connectivity index (χ0) is 13.5. The predicted octanol–water partition coefficient (Wildman–Crippen LogP) is 2.67. The lowest BCUT2D eigenvalue weighted by Gasteiger charge is -2.12. The summed E-state index contributed by atoms with van der Waals surface area (Å²) >= 11 is 1.99. The SMILES string of the molecule is CCc1ccccc1NC(=O)CCN[C@@H]1CCSC1. The van der Waals surface area contributed by atoms with E-state index < -0.39 is 0 Å². The van der Waals surface area contributed by atoms with Crippen LogP contribution in [-0.2, 0) is 11.2 Å². The average Bonchev–Trinajstić information content (AvgIpc) is 2.92. The fraction of sp³-hybridized carbons (Fsp3) is 0.533. The van der Waals surface area contributed by atoms with E-state index in [4.69, 9.17) is 0 Å². The number of anilines is 1. The van der Waals surface area contributed by atoms with Gasteiger partial charge in [0.25, 0.3) is 0 Å². The van der Waals surface area contributed by atoms with Crippen molar-refractivity contribution < 1.29 is 4.79 Å². The van der Waals surface area contributed by atoms with Crippen LogP contribution >= 0.6 is 11.8 Å². The molecule has 1 fully saturated rings. The molecule has 0 unspecified atom stereocenters. The van der Waals surface area contributed by atoms with Crippen LogP contribution in [0.15, 0.2) is 24.3 Å². The normalized spacial score (nSPS) is 18.5. The number of thioether (sulfide) groups is 1. The summed E-state index contributed by atoms with van der Waals surface area (Å²) in [6, 6.07) is 8.60. The lowest BCUT2D eigenvalue weighted by atomic mass is 10.1. The van der Waals surface area contributed by atoms with Gasteiger partial charge >= 0.3 is 0 Å². The molecule has 1 aromatic rings. The monoisotopic (exact) mass is 278 g/mol. The average molecular weight is 278 g/mol. The van der Waals surface area contributed by atoms with Crippen LogP contribution in [0.5, 0.6) is 0 Å². The fourth-order valence-electron chi connectivity index (χ4n) is 2.25. The van der Waals surface area contributed by atoms with Gasteiger partial charge in [0.2, 0.25) is 5.91 Å². The Morgan fingerprint density at radius 1 is 1.42 bits per heavy atom. The summed E-state index contributed by atoms with van der Waals surface area (Å²) in [6.45, 7) is 2.87. The number of amides is 1. The summed E-state index contributed by atoms with van der Waals surface area (Å²) in [6.07, 6.45) is 2.71. The van der Waals surface area contributed by atoms with Crippen LogP contribution in [0, 0.1) is 0 Å². The molecule has 0 radical (unpaired) electrons. The van der Waals surface area contributed by atoms with E-state index in [1.54, 1.807) is 0 Å². The van der Waals surface area contributed by atoms with Gasteiger partial charge in [-0.05, 0) is 30.2 Å². The fourth-order valence-corrected chi connectivity index (χ4v) is 3.44. The van der Waals surface area contributed by atoms with Gasteiger partial charge in [-0.1, -0.05) is 25.1 Å². The van der Waals surface area contributed by atoms with Gasteiger partial charge in [0.15, 0.2) is 0 Å². The smallest absolute Gasteiger partial charge is 0.225 e. The van der Waals surface area contributed by atoms with E-state index in [0.29, 0.717) is 12.5 Å². The van der Waals surface area contributed by atoms with Gasteiger partial charge < -0.3 is 10.6 Å². The number of rotatable bonds is 6. The zero-order valence-corrected chi connectivity index (χ0v) is 12.3. The first-order valence-electron chi connectivity index (χ1n) is 6.98. The first-order chi connectivity index (χ1) is 9.29. The van der Waals surface area contributed by atoms with Crippen molar-refractivity contribution in [3.8, 4) is 0 Å². The standard InChI is InChI=1S/C15H22N2OS/c1-2-12-5-3-4-6-14(12)17-15(18)7-9-16-13-8-10-19-11-13/h3-6,13,16H,2,7-11H2,1H3,(H,17,18)/t13-/m1/s1. The largest absolute Gasteiger partial charge is 0.326 e. The third kappa shape index (κ3) is 4.55. The number of nitrogens with one attached hydrogen (secondary N) is 2. The Kier molecular flexibility index (Phi) is 5.73. The molecule has 2 N–H and O–H groups in total. The Morgan fingerprint density at radius 3 is 3.00 bits per heavy atom. The van der Waals surface area contributed by atoms with E-state index in [1.165, 1.54) is 23.5 Å². The molecule has 1 saturated heterocycles. The highest BCUT2D eigenvalue weighted by atomic mass is 32.2. The number of benzene rings is 1. The summed E-state index contributed by atoms with van der Waals surface area (Å²) in [5.74, 6) is 2.52.